The van der Waals surface area contributed by atoms with Crippen LogP contribution in [-0.4, -0.2) is 65.7 Å². The van der Waals surface area contributed by atoms with Gasteiger partial charge in [0, 0.05) is 49.9 Å². The van der Waals surface area contributed by atoms with Crippen molar-refractivity contribution in [1.82, 2.24) is 9.80 Å². The Bertz CT molecular complexity index is 697. The summed E-state index contributed by atoms with van der Waals surface area (Å²) in [5.74, 6) is 0.169. The van der Waals surface area contributed by atoms with E-state index in [1.807, 2.05) is 20.8 Å². The molecule has 0 saturated carbocycles. The lowest BCUT2D eigenvalue weighted by Gasteiger charge is -2.35. The van der Waals surface area contributed by atoms with Gasteiger partial charge in [0.2, 0.25) is 0 Å². The van der Waals surface area contributed by atoms with E-state index < -0.39 is 10.5 Å². The van der Waals surface area contributed by atoms with Gasteiger partial charge in [-0.05, 0) is 33.3 Å². The van der Waals surface area contributed by atoms with Crippen molar-refractivity contribution in [3.63, 3.8) is 0 Å². The first kappa shape index (κ1) is 21.2. The van der Waals surface area contributed by atoms with Gasteiger partial charge in [-0.1, -0.05) is 11.6 Å². The maximum atomic E-state index is 12.1. The van der Waals surface area contributed by atoms with Gasteiger partial charge in [0.05, 0.1) is 4.92 Å². The van der Waals surface area contributed by atoms with E-state index in [-0.39, 0.29) is 17.5 Å². The molecular formula is C18H26ClN3O5. The molecule has 0 aliphatic carbocycles. The second kappa shape index (κ2) is 8.75. The first-order valence-electron chi connectivity index (χ1n) is 8.84. The third kappa shape index (κ3) is 6.25. The van der Waals surface area contributed by atoms with E-state index in [0.29, 0.717) is 49.9 Å². The molecule has 2 rings (SSSR count). The number of rotatable bonds is 5. The quantitative estimate of drug-likeness (QED) is 0.556. The highest BCUT2D eigenvalue weighted by Gasteiger charge is 2.26. The van der Waals surface area contributed by atoms with Gasteiger partial charge in [-0.15, -0.1) is 0 Å². The number of carbonyl (C=O) groups excluding carboxylic acids is 1. The van der Waals surface area contributed by atoms with Gasteiger partial charge in [0.1, 0.15) is 12.2 Å². The number of amides is 1. The van der Waals surface area contributed by atoms with Crippen molar-refractivity contribution in [2.75, 3.05) is 39.3 Å². The molecule has 0 atom stereocenters. The van der Waals surface area contributed by atoms with E-state index in [1.165, 1.54) is 12.1 Å². The topological polar surface area (TPSA) is 85.2 Å². The molecule has 1 heterocycles. The summed E-state index contributed by atoms with van der Waals surface area (Å²) in [5, 5.41) is 11.6. The van der Waals surface area contributed by atoms with Crippen molar-refractivity contribution >= 4 is 23.4 Å². The summed E-state index contributed by atoms with van der Waals surface area (Å²) in [5.41, 5.74) is 0.0344. The number of aryl methyl sites for hydroxylation is 1. The third-order valence-corrected chi connectivity index (χ3v) is 4.53. The van der Waals surface area contributed by atoms with Crippen molar-refractivity contribution < 1.29 is 19.2 Å². The highest BCUT2D eigenvalue weighted by Crippen LogP contribution is 2.32. The smallest absolute Gasteiger partial charge is 0.410 e. The minimum atomic E-state index is -0.508. The molecule has 0 unspecified atom stereocenters. The Hall–Kier alpha value is -2.06. The maximum Gasteiger partial charge on any atom is 0.410 e. The monoisotopic (exact) mass is 399 g/mol. The molecule has 9 heteroatoms. The fourth-order valence-corrected chi connectivity index (χ4v) is 2.83. The van der Waals surface area contributed by atoms with Crippen molar-refractivity contribution in [3.8, 4) is 5.75 Å². The second-order valence-corrected chi connectivity index (χ2v) is 7.89. The summed E-state index contributed by atoms with van der Waals surface area (Å²) in [6, 6.07) is 2.90. The highest BCUT2D eigenvalue weighted by molar-refractivity contribution is 6.31. The van der Waals surface area contributed by atoms with E-state index in [0.717, 1.165) is 0 Å². The van der Waals surface area contributed by atoms with Gasteiger partial charge in [-0.25, -0.2) is 4.79 Å². The maximum absolute atomic E-state index is 12.1. The van der Waals surface area contributed by atoms with E-state index in [9.17, 15) is 14.9 Å². The molecule has 0 spiro atoms. The predicted molar refractivity (Wildman–Crippen MR) is 103 cm³/mol. The standard InChI is InChI=1S/C18H26ClN3O5/c1-13-11-15(22(24)25)16(12-14(13)19)26-10-9-20-5-7-21(8-6-20)17(23)27-18(2,3)4/h11-12H,5-10H2,1-4H3. The Morgan fingerprint density at radius 1 is 1.26 bits per heavy atom. The minimum Gasteiger partial charge on any atom is -0.485 e. The highest BCUT2D eigenvalue weighted by atomic mass is 35.5. The predicted octanol–water partition coefficient (Wildman–Crippen LogP) is 3.49. The molecule has 1 aliphatic rings. The number of nitro groups is 1. The Kier molecular flexibility index (Phi) is 6.89. The zero-order chi connectivity index (χ0) is 20.2. The number of hydrogen-bond donors (Lipinski definition) is 0. The van der Waals surface area contributed by atoms with Crippen LogP contribution >= 0.6 is 11.6 Å². The number of halogens is 1. The molecule has 0 bridgehead atoms. The molecule has 1 aromatic carbocycles. The Balaban J connectivity index is 1.82. The van der Waals surface area contributed by atoms with Gasteiger partial charge in [0.15, 0.2) is 5.75 Å². The van der Waals surface area contributed by atoms with Crippen LogP contribution in [0.2, 0.25) is 5.02 Å². The largest absolute Gasteiger partial charge is 0.485 e. The normalized spacial score (nSPS) is 15.5. The summed E-state index contributed by atoms with van der Waals surface area (Å²) in [7, 11) is 0. The van der Waals surface area contributed by atoms with Crippen molar-refractivity contribution in [2.24, 2.45) is 0 Å². The number of hydrogen-bond acceptors (Lipinski definition) is 6. The van der Waals surface area contributed by atoms with Crippen molar-refractivity contribution in [1.29, 1.82) is 0 Å². The summed E-state index contributed by atoms with van der Waals surface area (Å²) in [6.45, 7) is 10.7. The van der Waals surface area contributed by atoms with Crippen LogP contribution in [0, 0.1) is 17.0 Å². The molecule has 1 fully saturated rings. The van der Waals surface area contributed by atoms with Gasteiger partial charge in [-0.3, -0.25) is 15.0 Å². The number of benzene rings is 1. The van der Waals surface area contributed by atoms with E-state index >= 15 is 0 Å². The lowest BCUT2D eigenvalue weighted by atomic mass is 10.2. The molecule has 8 nitrogen and oxygen atoms in total. The third-order valence-electron chi connectivity index (χ3n) is 4.13. The van der Waals surface area contributed by atoms with Crippen LogP contribution in [0.4, 0.5) is 10.5 Å². The van der Waals surface area contributed by atoms with Crippen LogP contribution in [0.1, 0.15) is 26.3 Å². The first-order chi connectivity index (χ1) is 12.6. The summed E-state index contributed by atoms with van der Waals surface area (Å²) >= 11 is 6.05. The fraction of sp³-hybridized carbons (Fsp3) is 0.611. The molecule has 1 aliphatic heterocycles. The van der Waals surface area contributed by atoms with E-state index in [1.54, 1.807) is 11.8 Å². The average Bonchev–Trinajstić information content (AvgIpc) is 2.56. The minimum absolute atomic E-state index is 0.0911. The molecule has 0 radical (unpaired) electrons. The van der Waals surface area contributed by atoms with Gasteiger partial charge < -0.3 is 14.4 Å². The van der Waals surface area contributed by atoms with Crippen LogP contribution in [0.25, 0.3) is 0 Å². The second-order valence-electron chi connectivity index (χ2n) is 7.48. The van der Waals surface area contributed by atoms with Crippen LogP contribution in [0.5, 0.6) is 5.75 Å². The molecule has 0 aromatic heterocycles. The molecule has 0 N–H and O–H groups in total. The molecule has 1 saturated heterocycles. The van der Waals surface area contributed by atoms with Crippen LogP contribution in [0.15, 0.2) is 12.1 Å². The summed E-state index contributed by atoms with van der Waals surface area (Å²) < 4.78 is 11.0. The van der Waals surface area contributed by atoms with Crippen molar-refractivity contribution in [3.05, 3.63) is 32.8 Å². The molecule has 150 valence electrons. The van der Waals surface area contributed by atoms with Gasteiger partial charge >= 0.3 is 11.8 Å². The zero-order valence-corrected chi connectivity index (χ0v) is 16.9. The van der Waals surface area contributed by atoms with E-state index in [2.05, 4.69) is 4.90 Å². The average molecular weight is 400 g/mol. The van der Waals surface area contributed by atoms with Crippen molar-refractivity contribution in [2.45, 2.75) is 33.3 Å². The van der Waals surface area contributed by atoms with Crippen LogP contribution in [0.3, 0.4) is 0 Å². The lowest BCUT2D eigenvalue weighted by molar-refractivity contribution is -0.385. The Labute approximate surface area is 164 Å². The Morgan fingerprint density at radius 2 is 1.89 bits per heavy atom. The fourth-order valence-electron chi connectivity index (χ4n) is 2.67. The van der Waals surface area contributed by atoms with Gasteiger partial charge in [-0.2, -0.15) is 0 Å². The summed E-state index contributed by atoms with van der Waals surface area (Å²) in [4.78, 5) is 26.6. The molecule has 1 aromatic rings. The number of nitro benzene ring substituents is 1. The number of ether oxygens (including phenoxy) is 2. The molecular weight excluding hydrogens is 374 g/mol. The molecule has 1 amide bonds. The summed E-state index contributed by atoms with van der Waals surface area (Å²) in [6.07, 6.45) is -0.302. The molecule has 27 heavy (non-hydrogen) atoms. The number of carbonyl (C=O) groups is 1. The van der Waals surface area contributed by atoms with Gasteiger partial charge in [0.25, 0.3) is 0 Å². The lowest BCUT2D eigenvalue weighted by Crippen LogP contribution is -2.50. The number of nitrogens with zero attached hydrogens (tertiary/aromatic N) is 3. The zero-order valence-electron chi connectivity index (χ0n) is 16.2. The Morgan fingerprint density at radius 3 is 2.44 bits per heavy atom. The SMILES string of the molecule is Cc1cc([N+](=O)[O-])c(OCCN2CCN(C(=O)OC(C)(C)C)CC2)cc1Cl. The van der Waals surface area contributed by atoms with Crippen LogP contribution in [-0.2, 0) is 4.74 Å². The van der Waals surface area contributed by atoms with E-state index in [4.69, 9.17) is 21.1 Å². The number of piperazine rings is 1. The van der Waals surface area contributed by atoms with Crippen LogP contribution < -0.4 is 4.74 Å². The first-order valence-corrected chi connectivity index (χ1v) is 9.22.